The number of amides is 1. The molecule has 2 aromatic carbocycles. The van der Waals surface area contributed by atoms with Crippen LogP contribution in [0.15, 0.2) is 55.1 Å². The third kappa shape index (κ3) is 3.74. The molecule has 6 heteroatoms. The van der Waals surface area contributed by atoms with E-state index in [2.05, 4.69) is 6.58 Å². The van der Waals surface area contributed by atoms with Crippen molar-refractivity contribution in [2.75, 3.05) is 18.1 Å². The Hall–Kier alpha value is -3.15. The number of allylic oxidation sites excluding steroid dienone is 1. The van der Waals surface area contributed by atoms with Crippen molar-refractivity contribution in [2.24, 2.45) is 0 Å². The first-order valence-electron chi connectivity index (χ1n) is 8.49. The summed E-state index contributed by atoms with van der Waals surface area (Å²) in [6, 6.07) is 12.2. The Morgan fingerprint density at radius 3 is 2.88 bits per heavy atom. The molecule has 0 fully saturated rings. The lowest BCUT2D eigenvalue weighted by molar-refractivity contribution is -0.384. The Labute approximate surface area is 151 Å². The van der Waals surface area contributed by atoms with Crippen molar-refractivity contribution < 1.29 is 14.5 Å². The minimum atomic E-state index is -0.452. The van der Waals surface area contributed by atoms with Gasteiger partial charge in [-0.1, -0.05) is 24.3 Å². The summed E-state index contributed by atoms with van der Waals surface area (Å²) in [7, 11) is 0. The molecule has 26 heavy (non-hydrogen) atoms. The Bertz CT molecular complexity index is 847. The summed E-state index contributed by atoms with van der Waals surface area (Å²) in [6.45, 7) is 4.22. The van der Waals surface area contributed by atoms with Gasteiger partial charge < -0.3 is 9.64 Å². The van der Waals surface area contributed by atoms with Gasteiger partial charge in [-0.2, -0.15) is 0 Å². The van der Waals surface area contributed by atoms with Crippen molar-refractivity contribution in [1.29, 1.82) is 0 Å². The first kappa shape index (κ1) is 17.7. The van der Waals surface area contributed by atoms with Crippen molar-refractivity contribution in [3.63, 3.8) is 0 Å². The number of hydrogen-bond acceptors (Lipinski definition) is 4. The number of nitrogens with zero attached hydrogens (tertiary/aromatic N) is 2. The number of hydrogen-bond donors (Lipinski definition) is 0. The van der Waals surface area contributed by atoms with Crippen LogP contribution in [0.25, 0.3) is 0 Å². The maximum atomic E-state index is 12.7. The van der Waals surface area contributed by atoms with E-state index in [1.165, 1.54) is 18.2 Å². The summed E-state index contributed by atoms with van der Waals surface area (Å²) < 4.78 is 5.69. The zero-order chi connectivity index (χ0) is 18.5. The van der Waals surface area contributed by atoms with Crippen LogP contribution >= 0.6 is 0 Å². The fourth-order valence-corrected chi connectivity index (χ4v) is 3.15. The van der Waals surface area contributed by atoms with Gasteiger partial charge in [0.1, 0.15) is 5.75 Å². The highest BCUT2D eigenvalue weighted by Crippen LogP contribution is 2.28. The molecular formula is C20H20N2O4. The smallest absolute Gasteiger partial charge is 0.269 e. The van der Waals surface area contributed by atoms with E-state index in [4.69, 9.17) is 4.74 Å². The molecular weight excluding hydrogens is 332 g/mol. The van der Waals surface area contributed by atoms with Crippen LogP contribution in [-0.2, 0) is 17.6 Å². The largest absolute Gasteiger partial charge is 0.483 e. The molecule has 0 saturated heterocycles. The molecule has 0 saturated carbocycles. The van der Waals surface area contributed by atoms with E-state index in [0.29, 0.717) is 24.3 Å². The SMILES string of the molecule is C=CCc1cc([N+](=O)[O-])ccc1OCC(=O)N1CCCc2ccccc21. The number of para-hydroxylation sites is 1. The minimum Gasteiger partial charge on any atom is -0.483 e. The summed E-state index contributed by atoms with van der Waals surface area (Å²) in [5, 5.41) is 10.9. The van der Waals surface area contributed by atoms with Gasteiger partial charge in [0.05, 0.1) is 4.92 Å². The third-order valence-corrected chi connectivity index (χ3v) is 4.38. The van der Waals surface area contributed by atoms with Crippen molar-refractivity contribution in [1.82, 2.24) is 0 Å². The molecule has 0 aliphatic carbocycles. The molecule has 0 unspecified atom stereocenters. The van der Waals surface area contributed by atoms with Crippen LogP contribution in [0.4, 0.5) is 11.4 Å². The zero-order valence-electron chi connectivity index (χ0n) is 14.4. The van der Waals surface area contributed by atoms with Crippen LogP contribution in [0.2, 0.25) is 0 Å². The van der Waals surface area contributed by atoms with Gasteiger partial charge in [-0.15, -0.1) is 6.58 Å². The van der Waals surface area contributed by atoms with Gasteiger partial charge in [-0.05, 0) is 37.0 Å². The molecule has 1 aliphatic rings. The number of anilines is 1. The molecule has 0 atom stereocenters. The summed E-state index contributed by atoms with van der Waals surface area (Å²) in [6.07, 6.45) is 3.96. The lowest BCUT2D eigenvalue weighted by Crippen LogP contribution is -2.38. The molecule has 0 aromatic heterocycles. The molecule has 134 valence electrons. The van der Waals surface area contributed by atoms with Gasteiger partial charge in [0, 0.05) is 29.9 Å². The van der Waals surface area contributed by atoms with Crippen LogP contribution in [-0.4, -0.2) is 24.0 Å². The van der Waals surface area contributed by atoms with Gasteiger partial charge in [0.2, 0.25) is 0 Å². The Morgan fingerprint density at radius 2 is 2.12 bits per heavy atom. The molecule has 0 bridgehead atoms. The molecule has 0 radical (unpaired) electrons. The normalized spacial score (nSPS) is 13.0. The first-order chi connectivity index (χ1) is 12.6. The molecule has 1 aliphatic heterocycles. The fraction of sp³-hybridized carbons (Fsp3) is 0.250. The highest BCUT2D eigenvalue weighted by Gasteiger charge is 2.22. The van der Waals surface area contributed by atoms with E-state index < -0.39 is 4.92 Å². The van der Waals surface area contributed by atoms with E-state index in [-0.39, 0.29) is 18.2 Å². The number of non-ortho nitro benzene ring substituents is 1. The molecule has 0 N–H and O–H groups in total. The van der Waals surface area contributed by atoms with Gasteiger partial charge in [-0.3, -0.25) is 14.9 Å². The highest BCUT2D eigenvalue weighted by atomic mass is 16.6. The number of nitro groups is 1. The summed E-state index contributed by atoms with van der Waals surface area (Å²) in [5.41, 5.74) is 2.73. The second kappa shape index (κ2) is 7.82. The van der Waals surface area contributed by atoms with E-state index in [9.17, 15) is 14.9 Å². The van der Waals surface area contributed by atoms with Gasteiger partial charge in [-0.25, -0.2) is 0 Å². The Kier molecular flexibility index (Phi) is 5.31. The zero-order valence-corrected chi connectivity index (χ0v) is 14.4. The lowest BCUT2D eigenvalue weighted by atomic mass is 10.0. The highest BCUT2D eigenvalue weighted by molar-refractivity contribution is 5.95. The first-order valence-corrected chi connectivity index (χ1v) is 8.49. The predicted molar refractivity (Wildman–Crippen MR) is 99.6 cm³/mol. The number of nitro benzene ring substituents is 1. The molecule has 6 nitrogen and oxygen atoms in total. The molecule has 1 heterocycles. The molecule has 2 aromatic rings. The maximum absolute atomic E-state index is 12.7. The monoisotopic (exact) mass is 352 g/mol. The molecule has 1 amide bonds. The van der Waals surface area contributed by atoms with Gasteiger partial charge in [0.15, 0.2) is 6.61 Å². The topological polar surface area (TPSA) is 72.7 Å². The van der Waals surface area contributed by atoms with E-state index >= 15 is 0 Å². The van der Waals surface area contributed by atoms with Gasteiger partial charge >= 0.3 is 0 Å². The summed E-state index contributed by atoms with van der Waals surface area (Å²) >= 11 is 0. The fourth-order valence-electron chi connectivity index (χ4n) is 3.15. The van der Waals surface area contributed by atoms with E-state index in [1.807, 2.05) is 24.3 Å². The van der Waals surface area contributed by atoms with Crippen molar-refractivity contribution in [2.45, 2.75) is 19.3 Å². The van der Waals surface area contributed by atoms with E-state index in [0.717, 1.165) is 24.1 Å². The van der Waals surface area contributed by atoms with Crippen molar-refractivity contribution >= 4 is 17.3 Å². The van der Waals surface area contributed by atoms with Crippen molar-refractivity contribution in [3.05, 3.63) is 76.4 Å². The second-order valence-electron chi connectivity index (χ2n) is 6.11. The summed E-state index contributed by atoms with van der Waals surface area (Å²) in [5.74, 6) is 0.342. The van der Waals surface area contributed by atoms with Gasteiger partial charge in [0.25, 0.3) is 11.6 Å². The second-order valence-corrected chi connectivity index (χ2v) is 6.11. The van der Waals surface area contributed by atoms with Crippen LogP contribution < -0.4 is 9.64 Å². The minimum absolute atomic E-state index is 0.00881. The van der Waals surface area contributed by atoms with Crippen LogP contribution in [0.1, 0.15) is 17.5 Å². The number of carbonyl (C=O) groups is 1. The average molecular weight is 352 g/mol. The molecule has 0 spiro atoms. The number of ether oxygens (including phenoxy) is 1. The van der Waals surface area contributed by atoms with Crippen LogP contribution in [0.5, 0.6) is 5.75 Å². The molecule has 3 rings (SSSR count). The quantitative estimate of drug-likeness (QED) is 0.452. The third-order valence-electron chi connectivity index (χ3n) is 4.38. The predicted octanol–water partition coefficient (Wildman–Crippen LogP) is 3.68. The lowest BCUT2D eigenvalue weighted by Gasteiger charge is -2.29. The summed E-state index contributed by atoms with van der Waals surface area (Å²) in [4.78, 5) is 24.9. The number of aryl methyl sites for hydroxylation is 1. The standard InChI is InChI=1S/C20H20N2O4/c1-2-6-16-13-17(22(24)25)10-11-19(16)26-14-20(23)21-12-5-8-15-7-3-4-9-18(15)21/h2-4,7,9-11,13H,1,5-6,8,12,14H2. The van der Waals surface area contributed by atoms with E-state index in [1.54, 1.807) is 11.0 Å². The van der Waals surface area contributed by atoms with Crippen molar-refractivity contribution in [3.8, 4) is 5.75 Å². The Balaban J connectivity index is 1.74. The van der Waals surface area contributed by atoms with Crippen LogP contribution in [0, 0.1) is 10.1 Å². The number of fused-ring (bicyclic) bond motifs is 1. The average Bonchev–Trinajstić information content (AvgIpc) is 2.66. The maximum Gasteiger partial charge on any atom is 0.269 e. The number of carbonyl (C=O) groups excluding carboxylic acids is 1. The van der Waals surface area contributed by atoms with Crippen LogP contribution in [0.3, 0.4) is 0 Å². The Morgan fingerprint density at radius 1 is 1.31 bits per heavy atom. The number of benzene rings is 2. The number of rotatable bonds is 6.